The van der Waals surface area contributed by atoms with Crippen LogP contribution in [0.3, 0.4) is 0 Å². The van der Waals surface area contributed by atoms with E-state index in [4.69, 9.17) is 9.47 Å². The number of aryl methyl sites for hydroxylation is 1. The topological polar surface area (TPSA) is 89.0 Å². The summed E-state index contributed by atoms with van der Waals surface area (Å²) < 4.78 is 10.6. The smallest absolute Gasteiger partial charge is 0.300 e. The number of hydrogen-bond acceptors (Lipinski definition) is 6. The number of hydrogen-bond donors (Lipinski definition) is 1. The molecule has 1 saturated heterocycles. The molecule has 1 fully saturated rings. The normalized spacial score (nSPS) is 17.5. The minimum absolute atomic E-state index is 0.0229. The van der Waals surface area contributed by atoms with Gasteiger partial charge < -0.3 is 14.6 Å². The molecule has 2 aromatic carbocycles. The lowest BCUT2D eigenvalue weighted by molar-refractivity contribution is -0.132. The van der Waals surface area contributed by atoms with E-state index in [0.717, 1.165) is 5.56 Å². The van der Waals surface area contributed by atoms with Crippen molar-refractivity contribution in [2.45, 2.75) is 13.0 Å². The minimum Gasteiger partial charge on any atom is -0.507 e. The number of anilines is 1. The van der Waals surface area contributed by atoms with Crippen molar-refractivity contribution in [3.8, 4) is 11.5 Å². The van der Waals surface area contributed by atoms with Gasteiger partial charge in [0, 0.05) is 24.1 Å². The summed E-state index contributed by atoms with van der Waals surface area (Å²) >= 11 is 0. The van der Waals surface area contributed by atoms with Crippen molar-refractivity contribution in [3.63, 3.8) is 0 Å². The fourth-order valence-corrected chi connectivity index (χ4v) is 3.80. The summed E-state index contributed by atoms with van der Waals surface area (Å²) in [6, 6.07) is 14.7. The molecule has 1 N–H and O–H groups in total. The lowest BCUT2D eigenvalue weighted by Crippen LogP contribution is -2.29. The maximum Gasteiger partial charge on any atom is 0.300 e. The highest BCUT2D eigenvalue weighted by molar-refractivity contribution is 6.51. The molecule has 2 heterocycles. The summed E-state index contributed by atoms with van der Waals surface area (Å²) in [6.07, 6.45) is 3.16. The number of nitrogens with zero attached hydrogens (tertiary/aromatic N) is 2. The van der Waals surface area contributed by atoms with E-state index in [2.05, 4.69) is 4.98 Å². The molecule has 0 radical (unpaired) electrons. The molecule has 1 aliphatic rings. The van der Waals surface area contributed by atoms with Gasteiger partial charge in [-0.25, -0.2) is 0 Å². The average Bonchev–Trinajstić information content (AvgIpc) is 3.09. The third-order valence-electron chi connectivity index (χ3n) is 5.44. The number of amides is 1. The number of pyridine rings is 1. The number of rotatable bonds is 5. The Balaban J connectivity index is 1.95. The molecule has 32 heavy (non-hydrogen) atoms. The monoisotopic (exact) mass is 430 g/mol. The van der Waals surface area contributed by atoms with Crippen LogP contribution in [0.5, 0.6) is 11.5 Å². The van der Waals surface area contributed by atoms with Crippen LogP contribution in [0.25, 0.3) is 5.76 Å². The van der Waals surface area contributed by atoms with Crippen LogP contribution in [0.1, 0.15) is 22.7 Å². The van der Waals surface area contributed by atoms with Gasteiger partial charge in [0.05, 0.1) is 31.4 Å². The van der Waals surface area contributed by atoms with E-state index >= 15 is 0 Å². The van der Waals surface area contributed by atoms with Crippen molar-refractivity contribution in [2.24, 2.45) is 0 Å². The molecular weight excluding hydrogens is 408 g/mol. The molecule has 1 aliphatic heterocycles. The Morgan fingerprint density at radius 2 is 1.66 bits per heavy atom. The molecule has 1 aromatic heterocycles. The Morgan fingerprint density at radius 3 is 2.28 bits per heavy atom. The van der Waals surface area contributed by atoms with Gasteiger partial charge in [-0.15, -0.1) is 0 Å². The van der Waals surface area contributed by atoms with E-state index in [1.165, 1.54) is 19.1 Å². The highest BCUT2D eigenvalue weighted by Gasteiger charge is 2.47. The minimum atomic E-state index is -0.826. The van der Waals surface area contributed by atoms with Crippen LogP contribution in [0.4, 0.5) is 5.69 Å². The summed E-state index contributed by atoms with van der Waals surface area (Å²) in [5.74, 6) is -0.965. The number of ketones is 1. The summed E-state index contributed by atoms with van der Waals surface area (Å²) in [6.45, 7) is 1.94. The number of ether oxygens (including phenoxy) is 2. The second-order valence-electron chi connectivity index (χ2n) is 7.35. The average molecular weight is 430 g/mol. The SMILES string of the molecule is COc1ccc(/C(O)=C2/C(=O)C(=O)N(c3ccc(C)cc3)C2c2ccncc2)c(OC)c1. The van der Waals surface area contributed by atoms with Gasteiger partial charge in [-0.1, -0.05) is 17.7 Å². The number of aliphatic hydroxyl groups excluding tert-OH is 1. The highest BCUT2D eigenvalue weighted by atomic mass is 16.5. The third-order valence-corrected chi connectivity index (χ3v) is 5.44. The van der Waals surface area contributed by atoms with Crippen LogP contribution in [0, 0.1) is 6.92 Å². The van der Waals surface area contributed by atoms with Crippen LogP contribution in [-0.4, -0.2) is 36.0 Å². The number of methoxy groups -OCH3 is 2. The van der Waals surface area contributed by atoms with E-state index in [0.29, 0.717) is 22.7 Å². The number of aromatic nitrogens is 1. The third kappa shape index (κ3) is 3.58. The predicted molar refractivity (Wildman–Crippen MR) is 120 cm³/mol. The molecule has 7 nitrogen and oxygen atoms in total. The van der Waals surface area contributed by atoms with Gasteiger partial charge in [0.1, 0.15) is 17.3 Å². The lowest BCUT2D eigenvalue weighted by Gasteiger charge is -2.25. The maximum atomic E-state index is 13.2. The molecule has 3 aromatic rings. The zero-order valence-electron chi connectivity index (χ0n) is 17.9. The number of carbonyl (C=O) groups is 2. The van der Waals surface area contributed by atoms with E-state index in [9.17, 15) is 14.7 Å². The van der Waals surface area contributed by atoms with Crippen molar-refractivity contribution in [1.82, 2.24) is 4.98 Å². The van der Waals surface area contributed by atoms with Gasteiger partial charge in [0.15, 0.2) is 0 Å². The van der Waals surface area contributed by atoms with Crippen molar-refractivity contribution >= 4 is 23.1 Å². The fourth-order valence-electron chi connectivity index (χ4n) is 3.80. The Labute approximate surface area is 185 Å². The van der Waals surface area contributed by atoms with Gasteiger partial charge >= 0.3 is 0 Å². The standard InChI is InChI=1S/C25H22N2O5/c1-15-4-6-17(7-5-15)27-22(16-10-12-26-13-11-16)21(24(29)25(27)30)23(28)19-9-8-18(31-2)14-20(19)32-3/h4-14,22,28H,1-3H3/b23-21-. The van der Waals surface area contributed by atoms with Crippen molar-refractivity contribution < 1.29 is 24.2 Å². The summed E-state index contributed by atoms with van der Waals surface area (Å²) in [4.78, 5) is 31.8. The Kier molecular flexibility index (Phi) is 5.64. The van der Waals surface area contributed by atoms with E-state index in [1.54, 1.807) is 54.9 Å². The first kappa shape index (κ1) is 21.1. The van der Waals surface area contributed by atoms with E-state index in [-0.39, 0.29) is 16.9 Å². The molecule has 0 spiro atoms. The van der Waals surface area contributed by atoms with Crippen LogP contribution in [-0.2, 0) is 9.59 Å². The molecule has 7 heteroatoms. The second kappa shape index (κ2) is 8.55. The Morgan fingerprint density at radius 1 is 0.969 bits per heavy atom. The first-order chi connectivity index (χ1) is 15.5. The number of Topliss-reactive ketones (excluding diaryl/α,β-unsaturated/α-hetero) is 1. The van der Waals surface area contributed by atoms with Gasteiger partial charge in [-0.2, -0.15) is 0 Å². The molecule has 0 saturated carbocycles. The number of benzene rings is 2. The zero-order chi connectivity index (χ0) is 22.8. The van der Waals surface area contributed by atoms with Gasteiger partial charge in [0.2, 0.25) is 0 Å². The maximum absolute atomic E-state index is 13.2. The van der Waals surface area contributed by atoms with Crippen LogP contribution >= 0.6 is 0 Å². The second-order valence-corrected chi connectivity index (χ2v) is 7.35. The van der Waals surface area contributed by atoms with Crippen molar-refractivity contribution in [3.05, 3.63) is 89.3 Å². The molecule has 0 aliphatic carbocycles. The summed E-state index contributed by atoms with van der Waals surface area (Å²) in [7, 11) is 2.97. The quantitative estimate of drug-likeness (QED) is 0.373. The molecule has 4 rings (SSSR count). The summed E-state index contributed by atoms with van der Waals surface area (Å²) in [5, 5.41) is 11.3. The molecule has 1 unspecified atom stereocenters. The molecule has 1 amide bonds. The number of aliphatic hydroxyl groups is 1. The number of carbonyl (C=O) groups excluding carboxylic acids is 2. The summed E-state index contributed by atoms with van der Waals surface area (Å²) in [5.41, 5.74) is 2.49. The van der Waals surface area contributed by atoms with E-state index < -0.39 is 17.7 Å². The predicted octanol–water partition coefficient (Wildman–Crippen LogP) is 4.03. The molecule has 1 atom stereocenters. The van der Waals surface area contributed by atoms with Crippen LogP contribution < -0.4 is 14.4 Å². The lowest BCUT2D eigenvalue weighted by atomic mass is 9.95. The zero-order valence-corrected chi connectivity index (χ0v) is 17.9. The van der Waals surface area contributed by atoms with Crippen LogP contribution in [0.2, 0.25) is 0 Å². The highest BCUT2D eigenvalue weighted by Crippen LogP contribution is 2.43. The largest absolute Gasteiger partial charge is 0.507 e. The molecule has 0 bridgehead atoms. The molecular formula is C25H22N2O5. The van der Waals surface area contributed by atoms with Gasteiger partial charge in [0.25, 0.3) is 11.7 Å². The van der Waals surface area contributed by atoms with Gasteiger partial charge in [-0.3, -0.25) is 19.5 Å². The van der Waals surface area contributed by atoms with Gasteiger partial charge in [-0.05, 0) is 48.9 Å². The fraction of sp³-hybridized carbons (Fsp3) is 0.160. The first-order valence-corrected chi connectivity index (χ1v) is 9.96. The molecule has 162 valence electrons. The van der Waals surface area contributed by atoms with Crippen molar-refractivity contribution in [2.75, 3.05) is 19.1 Å². The Hall–Kier alpha value is -4.13. The van der Waals surface area contributed by atoms with Crippen molar-refractivity contribution in [1.29, 1.82) is 0 Å². The van der Waals surface area contributed by atoms with E-state index in [1.807, 2.05) is 19.1 Å². The Bertz CT molecular complexity index is 1200. The van der Waals surface area contributed by atoms with Crippen LogP contribution in [0.15, 0.2) is 72.6 Å². The first-order valence-electron chi connectivity index (χ1n) is 9.96.